The topological polar surface area (TPSA) is 70.2 Å². The van der Waals surface area contributed by atoms with Crippen molar-refractivity contribution in [2.24, 2.45) is 0 Å². The van der Waals surface area contributed by atoms with E-state index < -0.39 is 0 Å². The fourth-order valence-electron chi connectivity index (χ4n) is 4.92. The first-order valence-electron chi connectivity index (χ1n) is 11.0. The van der Waals surface area contributed by atoms with Crippen LogP contribution in [-0.2, 0) is 4.74 Å². The highest BCUT2D eigenvalue weighted by atomic mass is 16.5. The number of likely N-dealkylation sites (tertiary alicyclic amines) is 1. The van der Waals surface area contributed by atoms with E-state index in [1.807, 2.05) is 17.9 Å². The zero-order chi connectivity index (χ0) is 20.1. The molecule has 156 valence electrons. The maximum absolute atomic E-state index is 12.6. The molecule has 29 heavy (non-hydrogen) atoms. The fraction of sp³-hybridized carbons (Fsp3) is 0.565. The molecule has 1 aromatic heterocycles. The van der Waals surface area contributed by atoms with E-state index in [1.54, 1.807) is 6.20 Å². The van der Waals surface area contributed by atoms with Crippen LogP contribution in [0.5, 0.6) is 0 Å². The molecule has 2 fully saturated rings. The number of carbonyl (C=O) groups is 1. The van der Waals surface area contributed by atoms with Gasteiger partial charge in [0.05, 0.1) is 18.8 Å². The Morgan fingerprint density at radius 2 is 1.97 bits per heavy atom. The maximum Gasteiger partial charge on any atom is 0.317 e. The quantitative estimate of drug-likeness (QED) is 0.774. The number of nitrogens with zero attached hydrogens (tertiary/aromatic N) is 2. The van der Waals surface area contributed by atoms with E-state index >= 15 is 0 Å². The van der Waals surface area contributed by atoms with Gasteiger partial charge in [-0.05, 0) is 56.6 Å². The molecule has 1 aliphatic carbocycles. The molecule has 0 spiro atoms. The van der Waals surface area contributed by atoms with Crippen LogP contribution in [0.1, 0.15) is 62.1 Å². The van der Waals surface area contributed by atoms with Gasteiger partial charge in [-0.15, -0.1) is 0 Å². The number of amides is 2. The van der Waals surface area contributed by atoms with Crippen molar-refractivity contribution >= 4 is 6.03 Å². The van der Waals surface area contributed by atoms with Crippen molar-refractivity contribution in [3.63, 3.8) is 0 Å². The summed E-state index contributed by atoms with van der Waals surface area (Å²) in [6.45, 7) is 3.93. The minimum absolute atomic E-state index is 0.0101. The van der Waals surface area contributed by atoms with Gasteiger partial charge in [-0.2, -0.15) is 5.10 Å². The molecule has 0 bridgehead atoms. The highest BCUT2D eigenvalue weighted by molar-refractivity contribution is 5.75. The van der Waals surface area contributed by atoms with Crippen LogP contribution < -0.4 is 5.32 Å². The summed E-state index contributed by atoms with van der Waals surface area (Å²) in [5.41, 5.74) is 2.54. The first kappa shape index (κ1) is 20.0. The number of urea groups is 1. The van der Waals surface area contributed by atoms with Crippen LogP contribution in [0.15, 0.2) is 42.6 Å². The van der Waals surface area contributed by atoms with E-state index in [-0.39, 0.29) is 24.1 Å². The Balaban J connectivity index is 1.35. The van der Waals surface area contributed by atoms with Gasteiger partial charge in [-0.1, -0.05) is 30.3 Å². The van der Waals surface area contributed by atoms with E-state index in [4.69, 9.17) is 4.74 Å². The molecule has 6 heteroatoms. The average Bonchev–Trinajstić information content (AvgIpc) is 3.43. The SMILES string of the molecule is CCNC(=O)N1CC[C@H](c2ccn[nH]2)[C@@H]1COC1CCC(c2ccccc2)CC1. The molecule has 6 nitrogen and oxygen atoms in total. The van der Waals surface area contributed by atoms with Crippen molar-refractivity contribution < 1.29 is 9.53 Å². The van der Waals surface area contributed by atoms with Gasteiger partial charge in [0.25, 0.3) is 0 Å². The molecule has 4 rings (SSSR count). The van der Waals surface area contributed by atoms with Crippen LogP contribution in [0.25, 0.3) is 0 Å². The smallest absolute Gasteiger partial charge is 0.317 e. The van der Waals surface area contributed by atoms with E-state index in [9.17, 15) is 4.79 Å². The van der Waals surface area contributed by atoms with Crippen LogP contribution in [-0.4, -0.2) is 53.0 Å². The van der Waals surface area contributed by atoms with Crippen molar-refractivity contribution in [2.45, 2.75) is 63.0 Å². The molecule has 1 aromatic carbocycles. The zero-order valence-corrected chi connectivity index (χ0v) is 17.2. The third-order valence-corrected chi connectivity index (χ3v) is 6.50. The van der Waals surface area contributed by atoms with Gasteiger partial charge in [0.15, 0.2) is 0 Å². The summed E-state index contributed by atoms with van der Waals surface area (Å²) >= 11 is 0. The first-order chi connectivity index (χ1) is 14.3. The molecule has 2 aliphatic rings. The minimum atomic E-state index is 0.0101. The Kier molecular flexibility index (Phi) is 6.49. The summed E-state index contributed by atoms with van der Waals surface area (Å²) in [5, 5.41) is 10.2. The van der Waals surface area contributed by atoms with E-state index in [1.165, 1.54) is 18.4 Å². The van der Waals surface area contributed by atoms with Gasteiger partial charge < -0.3 is 15.0 Å². The van der Waals surface area contributed by atoms with Crippen molar-refractivity contribution in [2.75, 3.05) is 19.7 Å². The van der Waals surface area contributed by atoms with Gasteiger partial charge in [0.1, 0.15) is 0 Å². The largest absolute Gasteiger partial charge is 0.376 e. The van der Waals surface area contributed by atoms with E-state index in [0.29, 0.717) is 19.1 Å². The maximum atomic E-state index is 12.6. The number of hydrogen-bond donors (Lipinski definition) is 2. The van der Waals surface area contributed by atoms with Gasteiger partial charge in [0, 0.05) is 30.9 Å². The van der Waals surface area contributed by atoms with Crippen molar-refractivity contribution in [1.82, 2.24) is 20.4 Å². The minimum Gasteiger partial charge on any atom is -0.376 e. The van der Waals surface area contributed by atoms with Crippen molar-refractivity contribution in [3.05, 3.63) is 53.9 Å². The van der Waals surface area contributed by atoms with Crippen LogP contribution in [0.4, 0.5) is 4.79 Å². The average molecular weight is 397 g/mol. The number of hydrogen-bond acceptors (Lipinski definition) is 3. The lowest BCUT2D eigenvalue weighted by Gasteiger charge is -2.32. The summed E-state index contributed by atoms with van der Waals surface area (Å²) in [7, 11) is 0. The van der Waals surface area contributed by atoms with Crippen LogP contribution in [0.2, 0.25) is 0 Å². The second-order valence-electron chi connectivity index (χ2n) is 8.22. The fourth-order valence-corrected chi connectivity index (χ4v) is 4.92. The molecule has 2 N–H and O–H groups in total. The standard InChI is InChI=1S/C23H32N4O2/c1-2-24-23(28)27-15-13-20(21-12-14-25-26-21)22(27)16-29-19-10-8-18(9-11-19)17-6-4-3-5-7-17/h3-7,12,14,18-20,22H,2,8-11,13,15-16H2,1H3,(H,24,28)(H,25,26)/t18?,19?,20-,22+/m1/s1. The molecule has 1 saturated heterocycles. The molecule has 1 aliphatic heterocycles. The summed E-state index contributed by atoms with van der Waals surface area (Å²) in [6.07, 6.45) is 7.52. The summed E-state index contributed by atoms with van der Waals surface area (Å²) in [4.78, 5) is 14.5. The first-order valence-corrected chi connectivity index (χ1v) is 11.0. The number of aromatic nitrogens is 2. The van der Waals surface area contributed by atoms with Crippen LogP contribution >= 0.6 is 0 Å². The second kappa shape index (κ2) is 9.44. The number of nitrogens with one attached hydrogen (secondary N) is 2. The molecule has 2 amide bonds. The number of aromatic amines is 1. The Hall–Kier alpha value is -2.34. The summed E-state index contributed by atoms with van der Waals surface area (Å²) in [6, 6.07) is 12.9. The predicted molar refractivity (Wildman–Crippen MR) is 113 cm³/mol. The third-order valence-electron chi connectivity index (χ3n) is 6.50. The molecule has 2 atom stereocenters. The number of H-pyrrole nitrogens is 1. The lowest BCUT2D eigenvalue weighted by atomic mass is 9.83. The lowest BCUT2D eigenvalue weighted by molar-refractivity contribution is -0.000471. The zero-order valence-electron chi connectivity index (χ0n) is 17.2. The Bertz CT molecular complexity index is 756. The molecule has 0 unspecified atom stereocenters. The highest BCUT2D eigenvalue weighted by Crippen LogP contribution is 2.36. The predicted octanol–water partition coefficient (Wildman–Crippen LogP) is 4.04. The molecule has 2 heterocycles. The summed E-state index contributed by atoms with van der Waals surface area (Å²) in [5.74, 6) is 0.896. The van der Waals surface area contributed by atoms with Crippen molar-refractivity contribution in [1.29, 1.82) is 0 Å². The molecule has 0 radical (unpaired) electrons. The molecule has 1 saturated carbocycles. The third kappa shape index (κ3) is 4.64. The highest BCUT2D eigenvalue weighted by Gasteiger charge is 2.39. The van der Waals surface area contributed by atoms with Crippen molar-refractivity contribution in [3.8, 4) is 0 Å². The number of ether oxygens (including phenoxy) is 1. The number of rotatable bonds is 6. The molecular weight excluding hydrogens is 364 g/mol. The van der Waals surface area contributed by atoms with Gasteiger partial charge >= 0.3 is 6.03 Å². The normalized spacial score (nSPS) is 27.1. The van der Waals surface area contributed by atoms with Gasteiger partial charge in [-0.3, -0.25) is 5.10 Å². The van der Waals surface area contributed by atoms with Gasteiger partial charge in [0.2, 0.25) is 0 Å². The summed E-state index contributed by atoms with van der Waals surface area (Å²) < 4.78 is 6.38. The lowest BCUT2D eigenvalue weighted by Crippen LogP contribution is -2.46. The number of carbonyl (C=O) groups excluding carboxylic acids is 1. The molecular formula is C23H32N4O2. The Labute approximate surface area is 173 Å². The Morgan fingerprint density at radius 3 is 2.66 bits per heavy atom. The van der Waals surface area contributed by atoms with Gasteiger partial charge in [-0.25, -0.2) is 4.79 Å². The second-order valence-corrected chi connectivity index (χ2v) is 8.22. The number of benzene rings is 1. The van der Waals surface area contributed by atoms with Crippen LogP contribution in [0, 0.1) is 0 Å². The Morgan fingerprint density at radius 1 is 1.17 bits per heavy atom. The van der Waals surface area contributed by atoms with E-state index in [2.05, 4.69) is 45.8 Å². The monoisotopic (exact) mass is 396 g/mol. The van der Waals surface area contributed by atoms with E-state index in [0.717, 1.165) is 31.5 Å². The van der Waals surface area contributed by atoms with Crippen LogP contribution in [0.3, 0.4) is 0 Å². The molecule has 2 aromatic rings.